The highest BCUT2D eigenvalue weighted by Crippen LogP contribution is 2.55. The van der Waals surface area contributed by atoms with E-state index in [0.717, 1.165) is 6.42 Å². The van der Waals surface area contributed by atoms with E-state index < -0.39 is 0 Å². The van der Waals surface area contributed by atoms with E-state index in [1.54, 1.807) is 0 Å². The van der Waals surface area contributed by atoms with Gasteiger partial charge in [-0.15, -0.1) is 0 Å². The van der Waals surface area contributed by atoms with E-state index in [2.05, 4.69) is 234 Å². The molecule has 0 N–H and O–H groups in total. The molecule has 8 aromatic rings. The highest BCUT2D eigenvalue weighted by atomic mass is 14.4. The predicted molar refractivity (Wildman–Crippen MR) is 259 cm³/mol. The molecule has 0 nitrogen and oxygen atoms in total. The summed E-state index contributed by atoms with van der Waals surface area (Å²) >= 11 is 0. The SMILES string of the molecule is CC1(C)c2cc(-c3ccccccc(-c4ccccc4)cccccc3)ccc2-c2ccc(-c3ccc4c(c3)C(C)(C)c3ccc5c6c(ccc5c3-4)-c3ccccc3C6)cc21. The van der Waals surface area contributed by atoms with Gasteiger partial charge in [0, 0.05) is 10.8 Å². The van der Waals surface area contributed by atoms with Crippen molar-refractivity contribution in [1.29, 1.82) is 0 Å². The fourth-order valence-corrected chi connectivity index (χ4v) is 10.6. The largest absolute Gasteiger partial charge is 0.0622 e. The summed E-state index contributed by atoms with van der Waals surface area (Å²) in [6.45, 7) is 9.60. The van der Waals surface area contributed by atoms with Gasteiger partial charge in [0.05, 0.1) is 0 Å². The average molecular weight is 781 g/mol. The Balaban J connectivity index is 0.923. The van der Waals surface area contributed by atoms with Crippen molar-refractivity contribution < 1.29 is 0 Å². The van der Waals surface area contributed by atoms with Crippen LogP contribution < -0.4 is 0 Å². The Kier molecular flexibility index (Phi) is 8.69. The third kappa shape index (κ3) is 6.04. The molecule has 8 aromatic carbocycles. The van der Waals surface area contributed by atoms with Gasteiger partial charge in [-0.1, -0.05) is 216 Å². The molecule has 0 atom stereocenters. The molecule has 0 saturated carbocycles. The van der Waals surface area contributed by atoms with Crippen LogP contribution in [0.2, 0.25) is 0 Å². The van der Waals surface area contributed by atoms with Crippen LogP contribution in [-0.2, 0) is 17.3 Å². The minimum atomic E-state index is -0.153. The molecule has 0 heteroatoms. The van der Waals surface area contributed by atoms with E-state index in [9.17, 15) is 0 Å². The van der Waals surface area contributed by atoms with Gasteiger partial charge in [0.25, 0.3) is 0 Å². The molecule has 0 radical (unpaired) electrons. The van der Waals surface area contributed by atoms with Gasteiger partial charge in [-0.2, -0.15) is 0 Å². The molecule has 0 bridgehead atoms. The molecule has 11 rings (SSSR count). The van der Waals surface area contributed by atoms with Crippen LogP contribution in [0.4, 0.5) is 0 Å². The van der Waals surface area contributed by atoms with Crippen LogP contribution in [0.1, 0.15) is 61.1 Å². The van der Waals surface area contributed by atoms with E-state index >= 15 is 0 Å². The van der Waals surface area contributed by atoms with Crippen LogP contribution in [0.3, 0.4) is 0 Å². The molecule has 0 spiro atoms. The first-order valence-corrected chi connectivity index (χ1v) is 21.7. The molecule has 0 aromatic heterocycles. The van der Waals surface area contributed by atoms with Crippen molar-refractivity contribution >= 4 is 10.8 Å². The Morgan fingerprint density at radius 2 is 0.705 bits per heavy atom. The van der Waals surface area contributed by atoms with Crippen molar-refractivity contribution in [2.24, 2.45) is 0 Å². The first kappa shape index (κ1) is 37.0. The maximum atomic E-state index is 2.48. The summed E-state index contributed by atoms with van der Waals surface area (Å²) in [4.78, 5) is 0. The molecule has 0 amide bonds. The molecule has 0 aliphatic heterocycles. The second-order valence-corrected chi connectivity index (χ2v) is 18.0. The number of hydrogen-bond acceptors (Lipinski definition) is 0. The van der Waals surface area contributed by atoms with Crippen molar-refractivity contribution in [3.63, 3.8) is 0 Å². The lowest BCUT2D eigenvalue weighted by molar-refractivity contribution is 0.660. The summed E-state index contributed by atoms with van der Waals surface area (Å²) in [5, 5.41) is 2.77. The topological polar surface area (TPSA) is 0 Å². The van der Waals surface area contributed by atoms with Crippen LogP contribution >= 0.6 is 0 Å². The lowest BCUT2D eigenvalue weighted by atomic mass is 9.80. The van der Waals surface area contributed by atoms with Gasteiger partial charge in [-0.3, -0.25) is 0 Å². The van der Waals surface area contributed by atoms with Crippen molar-refractivity contribution in [3.05, 3.63) is 240 Å². The summed E-state index contributed by atoms with van der Waals surface area (Å²) in [5.41, 5.74) is 23.8. The minimum absolute atomic E-state index is 0.102. The van der Waals surface area contributed by atoms with E-state index in [1.165, 1.54) is 111 Å². The van der Waals surface area contributed by atoms with Crippen molar-refractivity contribution in [1.82, 2.24) is 0 Å². The van der Waals surface area contributed by atoms with E-state index in [1.807, 2.05) is 0 Å². The first-order valence-electron chi connectivity index (χ1n) is 21.7. The zero-order valence-corrected chi connectivity index (χ0v) is 35.3. The zero-order chi connectivity index (χ0) is 41.3. The molecular weight excluding hydrogens is 733 g/mol. The molecule has 3 aliphatic rings. The zero-order valence-electron chi connectivity index (χ0n) is 35.3. The quantitative estimate of drug-likeness (QED) is 0.168. The second kappa shape index (κ2) is 14.3. The van der Waals surface area contributed by atoms with Crippen molar-refractivity contribution in [3.8, 4) is 66.8 Å². The van der Waals surface area contributed by atoms with Crippen LogP contribution in [0, 0.1) is 0 Å². The number of benzene rings is 7. The highest BCUT2D eigenvalue weighted by molar-refractivity contribution is 6.07. The van der Waals surface area contributed by atoms with Gasteiger partial charge in [-0.05, 0) is 136 Å². The van der Waals surface area contributed by atoms with Crippen LogP contribution in [0.25, 0.3) is 77.5 Å². The van der Waals surface area contributed by atoms with E-state index in [-0.39, 0.29) is 10.8 Å². The highest BCUT2D eigenvalue weighted by Gasteiger charge is 2.38. The van der Waals surface area contributed by atoms with Crippen molar-refractivity contribution in [2.45, 2.75) is 44.9 Å². The number of fused-ring (bicyclic) bond motifs is 12. The maximum absolute atomic E-state index is 2.48. The molecule has 0 heterocycles. The molecule has 0 fully saturated rings. The summed E-state index contributed by atoms with van der Waals surface area (Å²) in [6, 6.07) is 76.1. The van der Waals surface area contributed by atoms with Gasteiger partial charge in [0.1, 0.15) is 0 Å². The van der Waals surface area contributed by atoms with Gasteiger partial charge in [0.2, 0.25) is 0 Å². The van der Waals surface area contributed by atoms with Gasteiger partial charge >= 0.3 is 0 Å². The smallest absolute Gasteiger partial charge is 0.0159 e. The summed E-state index contributed by atoms with van der Waals surface area (Å²) in [7, 11) is 0. The summed E-state index contributed by atoms with van der Waals surface area (Å²) in [5.74, 6) is 0. The predicted octanol–water partition coefficient (Wildman–Crippen LogP) is 16.3. The average Bonchev–Trinajstić information content (AvgIpc) is 3.86. The molecule has 61 heavy (non-hydrogen) atoms. The standard InChI is InChI=1S/C61H48/c1-60(2)55-35-34-49-52(33-32-48-47-25-17-16-24-46(47)36-54(48)49)59(55)53-31-28-45(39-58(53)60)44-27-30-51-50-29-26-43(37-56(50)61(3,4)57(51)38-44)42-22-12-7-5-10-18-40(19-11-6-8-13-23-42)41-20-14-9-15-21-41/h5-35,37-39H,36H2,1-4H3. The van der Waals surface area contributed by atoms with Gasteiger partial charge in [-0.25, -0.2) is 0 Å². The molecule has 3 aliphatic carbocycles. The fraction of sp³-hybridized carbons (Fsp3) is 0.115. The monoisotopic (exact) mass is 780 g/mol. The fourth-order valence-electron chi connectivity index (χ4n) is 10.6. The Bertz CT molecular complexity index is 3170. The van der Waals surface area contributed by atoms with E-state index in [4.69, 9.17) is 0 Å². The maximum Gasteiger partial charge on any atom is 0.0159 e. The Hall–Kier alpha value is -7.02. The van der Waals surface area contributed by atoms with Crippen LogP contribution in [0.15, 0.2) is 206 Å². The number of rotatable bonds is 3. The Morgan fingerprint density at radius 1 is 0.295 bits per heavy atom. The molecular formula is C61H48. The first-order chi connectivity index (χ1) is 29.8. The van der Waals surface area contributed by atoms with Gasteiger partial charge < -0.3 is 0 Å². The minimum Gasteiger partial charge on any atom is -0.0622 e. The third-order valence-electron chi connectivity index (χ3n) is 13.8. The lowest BCUT2D eigenvalue weighted by Crippen LogP contribution is -2.15. The third-order valence-corrected chi connectivity index (χ3v) is 13.8. The molecule has 0 saturated heterocycles. The van der Waals surface area contributed by atoms with Gasteiger partial charge in [0.15, 0.2) is 0 Å². The van der Waals surface area contributed by atoms with E-state index in [0.29, 0.717) is 0 Å². The molecule has 0 unspecified atom stereocenters. The molecule has 292 valence electrons. The van der Waals surface area contributed by atoms with Crippen LogP contribution in [-0.4, -0.2) is 0 Å². The van der Waals surface area contributed by atoms with Crippen molar-refractivity contribution in [2.75, 3.05) is 0 Å². The Labute approximate surface area is 360 Å². The normalized spacial score (nSPS) is 14.1. The summed E-state index contributed by atoms with van der Waals surface area (Å²) < 4.78 is 0. The van der Waals surface area contributed by atoms with Crippen LogP contribution in [0.5, 0.6) is 0 Å². The lowest BCUT2D eigenvalue weighted by Gasteiger charge is -2.23. The second-order valence-electron chi connectivity index (χ2n) is 18.0. The number of hydrogen-bond donors (Lipinski definition) is 0. The Morgan fingerprint density at radius 3 is 1.28 bits per heavy atom. The summed E-state index contributed by atoms with van der Waals surface area (Å²) in [6.07, 6.45) is 1.01.